The van der Waals surface area contributed by atoms with Gasteiger partial charge in [0.15, 0.2) is 0 Å². The Morgan fingerprint density at radius 2 is 2.17 bits per heavy atom. The minimum atomic E-state index is -0.722. The van der Waals surface area contributed by atoms with Gasteiger partial charge in [-0.1, -0.05) is 0 Å². The van der Waals surface area contributed by atoms with Gasteiger partial charge in [0.25, 0.3) is 0 Å². The molecule has 0 heterocycles. The molecule has 0 aliphatic heterocycles. The summed E-state index contributed by atoms with van der Waals surface area (Å²) in [4.78, 5) is 9.71. The van der Waals surface area contributed by atoms with Crippen molar-refractivity contribution in [2.24, 2.45) is 0 Å². The number of halogens is 1. The maximum atomic E-state index is 9.71. The van der Waals surface area contributed by atoms with E-state index < -0.39 is 5.97 Å². The Morgan fingerprint density at radius 1 is 2.00 bits per heavy atom. The average molecular weight is 365 g/mol. The Morgan fingerprint density at radius 3 is 2.17 bits per heavy atom. The predicted molar refractivity (Wildman–Crippen MR) is 21.7 cm³/mol. The van der Waals surface area contributed by atoms with Crippen molar-refractivity contribution in [3.8, 4) is 0 Å². The zero-order valence-electron chi connectivity index (χ0n) is 3.31. The summed E-state index contributed by atoms with van der Waals surface area (Å²) in [5.74, 6) is -0.722. The quantitative estimate of drug-likeness (QED) is 0.669. The monoisotopic (exact) mass is 364 g/mol. The molecule has 0 saturated heterocycles. The van der Waals surface area contributed by atoms with Gasteiger partial charge in [-0.05, 0) is 0 Å². The Bertz CT molecular complexity index is 62.6. The molecule has 0 radical (unpaired) electrons. The van der Waals surface area contributed by atoms with Gasteiger partial charge in [0.2, 0.25) is 0 Å². The fourth-order valence-electron chi connectivity index (χ4n) is 0. The summed E-state index contributed by atoms with van der Waals surface area (Å²) < 4.78 is -0.189. The number of aliphatic carboxylic acids is 1. The third-order valence-corrected chi connectivity index (χ3v) is 2.76. The summed E-state index contributed by atoms with van der Waals surface area (Å²) in [5.41, 5.74) is 0. The van der Waals surface area contributed by atoms with Gasteiger partial charge in [-0.15, -0.1) is 0 Å². The summed E-state index contributed by atoms with van der Waals surface area (Å²) in [5, 5.41) is 8.00. The second-order valence-corrected chi connectivity index (χ2v) is 14.0. The van der Waals surface area contributed by atoms with Gasteiger partial charge in [-0.3, -0.25) is 0 Å². The molecule has 1 N–H and O–H groups in total. The van der Waals surface area contributed by atoms with E-state index in [0.29, 0.717) is 0 Å². The van der Waals surface area contributed by atoms with Gasteiger partial charge in [0, 0.05) is 0 Å². The van der Waals surface area contributed by atoms with Gasteiger partial charge in [-0.25, -0.2) is 0 Å². The third kappa shape index (κ3) is 3.60. The first-order valence-electron chi connectivity index (χ1n) is 1.51. The molecule has 32 valence electrons. The van der Waals surface area contributed by atoms with E-state index in [1.54, 1.807) is 0 Å². The third-order valence-electron chi connectivity index (χ3n) is 0.340. The second-order valence-electron chi connectivity index (χ2n) is 0.954. The zero-order valence-corrected chi connectivity index (χ0v) is 13.1. The summed E-state index contributed by atoms with van der Waals surface area (Å²) in [6.07, 6.45) is 0. The number of alkyl halides is 1. The molecule has 2 nitrogen and oxygen atoms in total. The molecule has 1 unspecified atom stereocenters. The molecule has 0 fully saturated rings. The fraction of sp³-hybridized carbons (Fsp3) is 0.500. The molecule has 0 aromatic heterocycles. The van der Waals surface area contributed by atoms with Crippen LogP contribution in [0.4, 0.5) is 0 Å². The molecular formula is C2H3BrO2Ra. The van der Waals surface area contributed by atoms with Crippen LogP contribution in [-0.2, 0) is 4.79 Å². The van der Waals surface area contributed by atoms with Crippen molar-refractivity contribution in [1.82, 2.24) is 0 Å². The number of rotatable bonds is 1. The first-order chi connectivity index (χ1) is 2.64. The van der Waals surface area contributed by atoms with Crippen molar-refractivity contribution >= 4 is 21.9 Å². The molecule has 0 spiro atoms. The standard InChI is InChI=1S/C2H2BrO2.Ra.H/c3-1-2(4)5;;/h1H,(H,4,5);;. The molecular weight excluding hydrogens is 362 g/mol. The van der Waals surface area contributed by atoms with Crippen LogP contribution in [0.25, 0.3) is 0 Å². The number of carboxylic acids is 1. The molecule has 0 aliphatic rings. The first kappa shape index (κ1) is 7.42. The number of carboxylic acid groups (broad SMARTS) is 1. The van der Waals surface area contributed by atoms with Crippen molar-refractivity contribution in [3.05, 3.63) is 0 Å². The maximum absolute atomic E-state index is 9.71. The molecule has 0 saturated carbocycles. The molecule has 1 atom stereocenters. The molecule has 0 aliphatic carbocycles. The van der Waals surface area contributed by atoms with Crippen LogP contribution in [0.5, 0.6) is 0 Å². The molecule has 0 bridgehead atoms. The normalized spacial score (nSPS) is 13.3. The molecule has 0 aromatic rings. The molecule has 0 aromatic carbocycles. The molecule has 6 heavy (non-hydrogen) atoms. The minimum absolute atomic E-state index is 0.0910. The van der Waals surface area contributed by atoms with E-state index in [2.05, 4.69) is 15.9 Å². The SMILES string of the molecule is O=C(O)[CH](Br)[RaH]. The Balaban J connectivity index is 3.26. The Labute approximate surface area is 73.2 Å². The van der Waals surface area contributed by atoms with Gasteiger partial charge >= 0.3 is 74.5 Å². The van der Waals surface area contributed by atoms with E-state index in [0.717, 1.165) is 0 Å². The van der Waals surface area contributed by atoms with E-state index in [9.17, 15) is 4.79 Å². The van der Waals surface area contributed by atoms with Gasteiger partial charge in [-0.2, -0.15) is 0 Å². The molecule has 0 rings (SSSR count). The van der Waals surface area contributed by atoms with Gasteiger partial charge < -0.3 is 0 Å². The summed E-state index contributed by atoms with van der Waals surface area (Å²) >= 11 is 3.03. The Kier molecular flexibility index (Phi) is 4.23. The van der Waals surface area contributed by atoms with Crippen molar-refractivity contribution in [1.29, 1.82) is 0 Å². The fourth-order valence-corrected chi connectivity index (χ4v) is 0. The van der Waals surface area contributed by atoms with Crippen LogP contribution in [0, 0.1) is 42.8 Å². The van der Waals surface area contributed by atoms with Gasteiger partial charge in [0.05, 0.1) is 0 Å². The molecule has 0 amide bonds. The summed E-state index contributed by atoms with van der Waals surface area (Å²) in [6, 6.07) is 0. The summed E-state index contributed by atoms with van der Waals surface area (Å²) in [7, 11) is 0. The van der Waals surface area contributed by atoms with E-state index in [4.69, 9.17) is 5.11 Å². The van der Waals surface area contributed by atoms with Crippen molar-refractivity contribution in [2.75, 3.05) is 0 Å². The number of hydrogen-bond acceptors (Lipinski definition) is 1. The van der Waals surface area contributed by atoms with Crippen LogP contribution in [-0.4, -0.2) is 10.9 Å². The number of hydrogen-bond donors (Lipinski definition) is 1. The average Bonchev–Trinajstić information content (AvgIpc) is 1.36. The van der Waals surface area contributed by atoms with Crippen LogP contribution in [0.15, 0.2) is 0 Å². The van der Waals surface area contributed by atoms with E-state index in [1.807, 2.05) is 0 Å². The van der Waals surface area contributed by atoms with Crippen molar-refractivity contribution in [2.45, 2.75) is -0.132 Å². The zero-order chi connectivity index (χ0) is 5.15. The number of carbonyl (C=O) groups is 1. The Hall–Kier alpha value is 1.42. The van der Waals surface area contributed by atoms with Crippen LogP contribution in [0.2, 0.25) is 0 Å². The summed E-state index contributed by atoms with van der Waals surface area (Å²) in [6.45, 7) is 0. The second kappa shape index (κ2) is 3.42. The van der Waals surface area contributed by atoms with Crippen LogP contribution in [0.1, 0.15) is 0 Å². The van der Waals surface area contributed by atoms with E-state index >= 15 is 0 Å². The van der Waals surface area contributed by atoms with Crippen LogP contribution in [0.3, 0.4) is 0 Å². The van der Waals surface area contributed by atoms with Crippen molar-refractivity contribution in [3.63, 3.8) is 0 Å². The van der Waals surface area contributed by atoms with E-state index in [1.165, 1.54) is 0 Å². The van der Waals surface area contributed by atoms with E-state index in [-0.39, 0.29) is 42.7 Å². The molecule has 4 heteroatoms. The predicted octanol–water partition coefficient (Wildman–Crippen LogP) is 0.0736. The van der Waals surface area contributed by atoms with Crippen LogP contribution >= 0.6 is 15.9 Å². The van der Waals surface area contributed by atoms with Crippen LogP contribution < -0.4 is 0 Å². The van der Waals surface area contributed by atoms with Gasteiger partial charge in [0.1, 0.15) is 0 Å². The van der Waals surface area contributed by atoms with Crippen molar-refractivity contribution < 1.29 is 52.7 Å². The first-order valence-corrected chi connectivity index (χ1v) is 7.17. The topological polar surface area (TPSA) is 37.3 Å².